The molecule has 1 aliphatic heterocycles. The molecule has 4 heteroatoms. The third kappa shape index (κ3) is 3.30. The van der Waals surface area contributed by atoms with Crippen LogP contribution in [0.25, 0.3) is 0 Å². The van der Waals surface area contributed by atoms with Gasteiger partial charge in [0, 0.05) is 25.1 Å². The Morgan fingerprint density at radius 2 is 1.64 bits per heavy atom. The lowest BCUT2D eigenvalue weighted by Gasteiger charge is -2.17. The van der Waals surface area contributed by atoms with Gasteiger partial charge in [-0.25, -0.2) is 0 Å². The number of rotatable bonds is 1. The molecular weight excluding hydrogens is 402 g/mol. The van der Waals surface area contributed by atoms with Crippen LogP contribution in [0.15, 0.2) is 42.7 Å². The molecular formula is C10H14I2N2. The zero-order valence-corrected chi connectivity index (χ0v) is 12.6. The summed E-state index contributed by atoms with van der Waals surface area (Å²) in [6.07, 6.45) is 4.17. The number of anilines is 1. The first-order valence-electron chi connectivity index (χ1n) is 4.06. The van der Waals surface area contributed by atoms with Crippen molar-refractivity contribution in [1.82, 2.24) is 4.90 Å². The minimum absolute atomic E-state index is 0. The molecule has 0 aliphatic carbocycles. The Morgan fingerprint density at radius 1 is 1.00 bits per heavy atom. The lowest BCUT2D eigenvalue weighted by atomic mass is 10.3. The van der Waals surface area contributed by atoms with Gasteiger partial charge in [-0.2, -0.15) is 0 Å². The number of hydrogen-bond donors (Lipinski definition) is 0. The standard InChI is InChI=1S/C10H12N2.2HI/c1-11-7-8-12(9-11)10-5-3-2-4-6-10;;/h2-8H,9H2,1H3;2*1H. The smallest absolute Gasteiger partial charge is 0.0938 e. The van der Waals surface area contributed by atoms with Crippen molar-refractivity contribution in [2.75, 3.05) is 18.6 Å². The average molecular weight is 416 g/mol. The molecule has 0 bridgehead atoms. The SMILES string of the molecule is CN1C=CN(c2ccccc2)C1.I.I. The molecule has 0 radical (unpaired) electrons. The van der Waals surface area contributed by atoms with E-state index in [9.17, 15) is 0 Å². The van der Waals surface area contributed by atoms with Crippen molar-refractivity contribution >= 4 is 53.6 Å². The summed E-state index contributed by atoms with van der Waals surface area (Å²) in [4.78, 5) is 4.35. The third-order valence-corrected chi connectivity index (χ3v) is 1.96. The van der Waals surface area contributed by atoms with Crippen molar-refractivity contribution in [3.05, 3.63) is 42.7 Å². The Labute approximate surface area is 119 Å². The Bertz CT molecular complexity index is 287. The van der Waals surface area contributed by atoms with E-state index in [0.717, 1.165) is 6.67 Å². The van der Waals surface area contributed by atoms with Crippen molar-refractivity contribution in [3.8, 4) is 0 Å². The van der Waals surface area contributed by atoms with Gasteiger partial charge in [-0.1, -0.05) is 18.2 Å². The topological polar surface area (TPSA) is 6.48 Å². The molecule has 0 aromatic heterocycles. The molecule has 1 aromatic rings. The third-order valence-electron chi connectivity index (χ3n) is 1.96. The van der Waals surface area contributed by atoms with E-state index in [0.29, 0.717) is 0 Å². The molecule has 0 spiro atoms. The fourth-order valence-electron chi connectivity index (χ4n) is 1.32. The molecule has 0 atom stereocenters. The zero-order chi connectivity index (χ0) is 8.39. The van der Waals surface area contributed by atoms with E-state index in [-0.39, 0.29) is 48.0 Å². The Balaban J connectivity index is 0.000000845. The van der Waals surface area contributed by atoms with Gasteiger partial charge >= 0.3 is 0 Å². The molecule has 2 nitrogen and oxygen atoms in total. The van der Waals surface area contributed by atoms with Crippen molar-refractivity contribution < 1.29 is 0 Å². The number of halogens is 2. The minimum Gasteiger partial charge on any atom is -0.361 e. The summed E-state index contributed by atoms with van der Waals surface area (Å²) in [5, 5.41) is 0. The Hall–Kier alpha value is 0.0200. The molecule has 0 fully saturated rings. The van der Waals surface area contributed by atoms with Crippen molar-refractivity contribution in [3.63, 3.8) is 0 Å². The van der Waals surface area contributed by atoms with E-state index < -0.39 is 0 Å². The number of hydrogen-bond acceptors (Lipinski definition) is 2. The fraction of sp³-hybridized carbons (Fsp3) is 0.200. The van der Waals surface area contributed by atoms with Gasteiger partial charge in [-0.3, -0.25) is 0 Å². The number of nitrogens with zero attached hydrogens (tertiary/aromatic N) is 2. The minimum atomic E-state index is 0. The van der Waals surface area contributed by atoms with Crippen LogP contribution in [-0.2, 0) is 0 Å². The molecule has 0 N–H and O–H groups in total. The second kappa shape index (κ2) is 6.49. The van der Waals surface area contributed by atoms with Crippen LogP contribution in [0, 0.1) is 0 Å². The molecule has 1 aromatic carbocycles. The largest absolute Gasteiger partial charge is 0.361 e. The number of benzene rings is 1. The highest BCUT2D eigenvalue weighted by Gasteiger charge is 2.08. The van der Waals surface area contributed by atoms with Crippen molar-refractivity contribution in [2.24, 2.45) is 0 Å². The van der Waals surface area contributed by atoms with Gasteiger partial charge in [0.15, 0.2) is 0 Å². The summed E-state index contributed by atoms with van der Waals surface area (Å²) in [6, 6.07) is 10.4. The molecule has 0 unspecified atom stereocenters. The van der Waals surface area contributed by atoms with Gasteiger partial charge in [0.2, 0.25) is 0 Å². The van der Waals surface area contributed by atoms with Crippen LogP contribution in [0.1, 0.15) is 0 Å². The summed E-state index contributed by atoms with van der Waals surface area (Å²) < 4.78 is 0. The van der Waals surface area contributed by atoms with Crippen molar-refractivity contribution in [1.29, 1.82) is 0 Å². The summed E-state index contributed by atoms with van der Waals surface area (Å²) in [5.74, 6) is 0. The maximum absolute atomic E-state index is 2.21. The van der Waals surface area contributed by atoms with Crippen LogP contribution in [0.3, 0.4) is 0 Å². The molecule has 78 valence electrons. The number of para-hydroxylation sites is 1. The molecule has 0 saturated carbocycles. The molecule has 0 amide bonds. The molecule has 0 saturated heterocycles. The van der Waals surface area contributed by atoms with Gasteiger partial charge in [0.25, 0.3) is 0 Å². The predicted octanol–water partition coefficient (Wildman–Crippen LogP) is 3.10. The van der Waals surface area contributed by atoms with E-state index in [1.807, 2.05) is 6.07 Å². The summed E-state index contributed by atoms with van der Waals surface area (Å²) in [7, 11) is 2.07. The molecule has 1 aliphatic rings. The Morgan fingerprint density at radius 3 is 2.14 bits per heavy atom. The van der Waals surface area contributed by atoms with Crippen LogP contribution >= 0.6 is 48.0 Å². The first kappa shape index (κ1) is 14.0. The van der Waals surface area contributed by atoms with Crippen LogP contribution in [-0.4, -0.2) is 18.6 Å². The van der Waals surface area contributed by atoms with Gasteiger partial charge in [0.1, 0.15) is 0 Å². The van der Waals surface area contributed by atoms with Gasteiger partial charge in [0.05, 0.1) is 6.67 Å². The molecule has 14 heavy (non-hydrogen) atoms. The van der Waals surface area contributed by atoms with Gasteiger partial charge in [-0.15, -0.1) is 48.0 Å². The van der Waals surface area contributed by atoms with E-state index in [1.54, 1.807) is 0 Å². The second-order valence-electron chi connectivity index (χ2n) is 3.00. The Kier molecular flexibility index (Phi) is 6.50. The average Bonchev–Trinajstić information content (AvgIpc) is 2.54. The lowest BCUT2D eigenvalue weighted by molar-refractivity contribution is 0.496. The normalized spacial score (nSPS) is 13.5. The zero-order valence-electron chi connectivity index (χ0n) is 7.96. The monoisotopic (exact) mass is 416 g/mol. The van der Waals surface area contributed by atoms with Crippen LogP contribution < -0.4 is 4.90 Å². The highest BCUT2D eigenvalue weighted by atomic mass is 127. The van der Waals surface area contributed by atoms with E-state index in [2.05, 4.69) is 53.5 Å². The fourth-order valence-corrected chi connectivity index (χ4v) is 1.32. The first-order valence-corrected chi connectivity index (χ1v) is 4.06. The van der Waals surface area contributed by atoms with Crippen LogP contribution in [0.5, 0.6) is 0 Å². The van der Waals surface area contributed by atoms with Gasteiger partial charge in [-0.05, 0) is 12.1 Å². The summed E-state index contributed by atoms with van der Waals surface area (Å²) in [6.45, 7) is 0.948. The highest BCUT2D eigenvalue weighted by Crippen LogP contribution is 2.16. The maximum Gasteiger partial charge on any atom is 0.0938 e. The highest BCUT2D eigenvalue weighted by molar-refractivity contribution is 14.0. The quantitative estimate of drug-likeness (QED) is 0.650. The van der Waals surface area contributed by atoms with E-state index >= 15 is 0 Å². The molecule has 1 heterocycles. The van der Waals surface area contributed by atoms with E-state index in [1.165, 1.54) is 5.69 Å². The molecule has 2 rings (SSSR count). The predicted molar refractivity (Wildman–Crippen MR) is 81.5 cm³/mol. The summed E-state index contributed by atoms with van der Waals surface area (Å²) >= 11 is 0. The summed E-state index contributed by atoms with van der Waals surface area (Å²) in [5.41, 5.74) is 1.25. The van der Waals surface area contributed by atoms with Crippen LogP contribution in [0.2, 0.25) is 0 Å². The lowest BCUT2D eigenvalue weighted by Crippen LogP contribution is -2.21. The van der Waals surface area contributed by atoms with Crippen LogP contribution in [0.4, 0.5) is 5.69 Å². The maximum atomic E-state index is 2.21. The van der Waals surface area contributed by atoms with Crippen molar-refractivity contribution in [2.45, 2.75) is 0 Å². The van der Waals surface area contributed by atoms with E-state index in [4.69, 9.17) is 0 Å². The second-order valence-corrected chi connectivity index (χ2v) is 3.00. The van der Waals surface area contributed by atoms with Gasteiger partial charge < -0.3 is 9.80 Å². The first-order chi connectivity index (χ1) is 5.86.